The number of benzene rings is 3. The standard InChI is InChI=1S/C24H17ClN4O/c1-30-20-12-10-17(11-13-20)22-21-15-29(19-9-5-8-18(25)14-19)28-24(21)23(27-26-22)16-6-3-2-4-7-16/h2-15H,1H3. The zero-order valence-corrected chi connectivity index (χ0v) is 16.9. The van der Waals surface area contributed by atoms with Crippen LogP contribution in [0, 0.1) is 0 Å². The van der Waals surface area contributed by atoms with Crippen molar-refractivity contribution in [2.75, 3.05) is 7.11 Å². The van der Waals surface area contributed by atoms with Crippen LogP contribution in [-0.4, -0.2) is 27.1 Å². The molecule has 0 aliphatic rings. The van der Waals surface area contributed by atoms with Gasteiger partial charge in [-0.3, -0.25) is 0 Å². The van der Waals surface area contributed by atoms with Gasteiger partial charge in [0.25, 0.3) is 0 Å². The average Bonchev–Trinajstić information content (AvgIpc) is 3.25. The van der Waals surface area contributed by atoms with E-state index in [-0.39, 0.29) is 0 Å². The predicted octanol–water partition coefficient (Wildman–Crippen LogP) is 5.81. The van der Waals surface area contributed by atoms with Crippen LogP contribution in [0.5, 0.6) is 5.75 Å². The Morgan fingerprint density at radius 1 is 0.800 bits per heavy atom. The van der Waals surface area contributed by atoms with Crippen molar-refractivity contribution in [1.29, 1.82) is 0 Å². The Labute approximate surface area is 178 Å². The van der Waals surface area contributed by atoms with E-state index in [1.165, 1.54) is 0 Å². The fraction of sp³-hybridized carbons (Fsp3) is 0.0417. The Bertz CT molecular complexity index is 1330. The van der Waals surface area contributed by atoms with Gasteiger partial charge < -0.3 is 4.74 Å². The largest absolute Gasteiger partial charge is 0.497 e. The van der Waals surface area contributed by atoms with Gasteiger partial charge in [0.1, 0.15) is 22.7 Å². The summed E-state index contributed by atoms with van der Waals surface area (Å²) in [5.41, 5.74) is 5.07. The third kappa shape index (κ3) is 3.29. The Hall–Kier alpha value is -3.70. The van der Waals surface area contributed by atoms with Crippen molar-refractivity contribution in [1.82, 2.24) is 20.0 Å². The fourth-order valence-corrected chi connectivity index (χ4v) is 3.61. The maximum Gasteiger partial charge on any atom is 0.123 e. The second kappa shape index (κ2) is 7.61. The molecule has 6 heteroatoms. The van der Waals surface area contributed by atoms with Crippen LogP contribution in [0.25, 0.3) is 39.1 Å². The molecular formula is C24H17ClN4O. The number of hydrogen-bond acceptors (Lipinski definition) is 4. The molecule has 146 valence electrons. The first-order valence-electron chi connectivity index (χ1n) is 9.45. The molecule has 3 aromatic carbocycles. The lowest BCUT2D eigenvalue weighted by Gasteiger charge is -2.06. The predicted molar refractivity (Wildman–Crippen MR) is 119 cm³/mol. The highest BCUT2D eigenvalue weighted by Crippen LogP contribution is 2.33. The van der Waals surface area contributed by atoms with E-state index >= 15 is 0 Å². The molecule has 5 rings (SSSR count). The lowest BCUT2D eigenvalue weighted by molar-refractivity contribution is 0.415. The fourth-order valence-electron chi connectivity index (χ4n) is 3.43. The van der Waals surface area contributed by atoms with Crippen molar-refractivity contribution in [2.24, 2.45) is 0 Å². The number of ether oxygens (including phenoxy) is 1. The van der Waals surface area contributed by atoms with Gasteiger partial charge in [0.2, 0.25) is 0 Å². The van der Waals surface area contributed by atoms with Crippen molar-refractivity contribution in [3.8, 4) is 34.0 Å². The molecule has 0 saturated carbocycles. The molecule has 0 atom stereocenters. The molecule has 0 N–H and O–H groups in total. The molecule has 2 aromatic heterocycles. The van der Waals surface area contributed by atoms with E-state index < -0.39 is 0 Å². The molecule has 0 radical (unpaired) electrons. The second-order valence-electron chi connectivity index (χ2n) is 6.81. The topological polar surface area (TPSA) is 52.8 Å². The van der Waals surface area contributed by atoms with Crippen LogP contribution in [0.15, 0.2) is 85.1 Å². The molecule has 0 fully saturated rings. The number of fused-ring (bicyclic) bond motifs is 1. The van der Waals surface area contributed by atoms with Gasteiger partial charge in [-0.15, -0.1) is 10.2 Å². The summed E-state index contributed by atoms with van der Waals surface area (Å²) in [7, 11) is 1.65. The summed E-state index contributed by atoms with van der Waals surface area (Å²) in [6.07, 6.45) is 1.97. The summed E-state index contributed by atoms with van der Waals surface area (Å²) in [5, 5.41) is 15.5. The lowest BCUT2D eigenvalue weighted by Crippen LogP contribution is -1.95. The molecule has 0 spiro atoms. The molecule has 5 aromatic rings. The number of nitrogens with zero attached hydrogens (tertiary/aromatic N) is 4. The average molecular weight is 413 g/mol. The first-order valence-corrected chi connectivity index (χ1v) is 9.82. The summed E-state index contributed by atoms with van der Waals surface area (Å²) in [4.78, 5) is 0. The van der Waals surface area contributed by atoms with Crippen molar-refractivity contribution in [3.63, 3.8) is 0 Å². The smallest absolute Gasteiger partial charge is 0.123 e. The van der Waals surface area contributed by atoms with Gasteiger partial charge >= 0.3 is 0 Å². The summed E-state index contributed by atoms with van der Waals surface area (Å²) in [6, 6.07) is 25.3. The van der Waals surface area contributed by atoms with Crippen LogP contribution in [-0.2, 0) is 0 Å². The van der Waals surface area contributed by atoms with Crippen molar-refractivity contribution in [3.05, 3.63) is 90.1 Å². The molecule has 2 heterocycles. The Kier molecular flexibility index (Phi) is 4.65. The molecule has 0 unspecified atom stereocenters. The summed E-state index contributed by atoms with van der Waals surface area (Å²) < 4.78 is 7.10. The van der Waals surface area contributed by atoms with Crippen LogP contribution in [0.4, 0.5) is 0 Å². The van der Waals surface area contributed by atoms with Crippen LogP contribution >= 0.6 is 11.6 Å². The van der Waals surface area contributed by atoms with Gasteiger partial charge in [0.15, 0.2) is 0 Å². The second-order valence-corrected chi connectivity index (χ2v) is 7.24. The summed E-state index contributed by atoms with van der Waals surface area (Å²) >= 11 is 6.20. The normalized spacial score (nSPS) is 11.0. The van der Waals surface area contributed by atoms with Crippen molar-refractivity contribution < 1.29 is 4.74 Å². The SMILES string of the molecule is COc1ccc(-c2nnc(-c3ccccc3)c3nn(-c4cccc(Cl)c4)cc23)cc1. The maximum atomic E-state index is 6.20. The van der Waals surface area contributed by atoms with Gasteiger partial charge in [-0.2, -0.15) is 5.10 Å². The van der Waals surface area contributed by atoms with Crippen molar-refractivity contribution >= 4 is 22.5 Å². The Morgan fingerprint density at radius 2 is 1.53 bits per heavy atom. The van der Waals surface area contributed by atoms with E-state index in [0.717, 1.165) is 44.9 Å². The van der Waals surface area contributed by atoms with E-state index in [0.29, 0.717) is 5.02 Å². The van der Waals surface area contributed by atoms with E-state index in [2.05, 4.69) is 10.2 Å². The highest BCUT2D eigenvalue weighted by atomic mass is 35.5. The van der Waals surface area contributed by atoms with Gasteiger partial charge in [-0.1, -0.05) is 48.0 Å². The first-order chi connectivity index (χ1) is 14.7. The van der Waals surface area contributed by atoms with Gasteiger partial charge in [-0.05, 0) is 42.5 Å². The van der Waals surface area contributed by atoms with E-state index in [4.69, 9.17) is 21.4 Å². The third-order valence-electron chi connectivity index (χ3n) is 4.93. The Morgan fingerprint density at radius 3 is 2.27 bits per heavy atom. The highest BCUT2D eigenvalue weighted by molar-refractivity contribution is 6.30. The summed E-state index contributed by atoms with van der Waals surface area (Å²) in [6.45, 7) is 0. The van der Waals surface area contributed by atoms with Crippen LogP contribution in [0.3, 0.4) is 0 Å². The minimum atomic E-state index is 0.655. The maximum absolute atomic E-state index is 6.20. The zero-order chi connectivity index (χ0) is 20.5. The van der Waals surface area contributed by atoms with E-state index in [1.54, 1.807) is 7.11 Å². The van der Waals surface area contributed by atoms with Gasteiger partial charge in [-0.25, -0.2) is 4.68 Å². The quantitative estimate of drug-likeness (QED) is 0.373. The molecule has 0 aliphatic heterocycles. The third-order valence-corrected chi connectivity index (χ3v) is 5.16. The van der Waals surface area contributed by atoms with Gasteiger partial charge in [0, 0.05) is 22.3 Å². The van der Waals surface area contributed by atoms with E-state index in [9.17, 15) is 0 Å². The number of halogens is 1. The molecular weight excluding hydrogens is 396 g/mol. The minimum Gasteiger partial charge on any atom is -0.497 e. The lowest BCUT2D eigenvalue weighted by atomic mass is 10.1. The molecule has 30 heavy (non-hydrogen) atoms. The van der Waals surface area contributed by atoms with Crippen molar-refractivity contribution in [2.45, 2.75) is 0 Å². The summed E-state index contributed by atoms with van der Waals surface area (Å²) in [5.74, 6) is 0.790. The monoisotopic (exact) mass is 412 g/mol. The molecule has 0 saturated heterocycles. The van der Waals surface area contributed by atoms with E-state index in [1.807, 2.05) is 89.7 Å². The molecule has 0 bridgehead atoms. The Balaban J connectivity index is 1.75. The van der Waals surface area contributed by atoms with Crippen LogP contribution < -0.4 is 4.74 Å². The highest BCUT2D eigenvalue weighted by Gasteiger charge is 2.17. The zero-order valence-electron chi connectivity index (χ0n) is 16.2. The molecule has 0 aliphatic carbocycles. The first kappa shape index (κ1) is 18.3. The number of hydrogen-bond donors (Lipinski definition) is 0. The number of methoxy groups -OCH3 is 1. The van der Waals surface area contributed by atoms with Gasteiger partial charge in [0.05, 0.1) is 18.2 Å². The molecule has 5 nitrogen and oxygen atoms in total. The minimum absolute atomic E-state index is 0.655. The van der Waals surface area contributed by atoms with Crippen LogP contribution in [0.1, 0.15) is 0 Å². The number of rotatable bonds is 4. The van der Waals surface area contributed by atoms with Crippen LogP contribution in [0.2, 0.25) is 5.02 Å². The molecule has 0 amide bonds. The number of aromatic nitrogens is 4.